The van der Waals surface area contributed by atoms with Crippen molar-refractivity contribution in [3.63, 3.8) is 0 Å². The van der Waals surface area contributed by atoms with Crippen LogP contribution in [0.5, 0.6) is 0 Å². The lowest BCUT2D eigenvalue weighted by Gasteiger charge is -2.22. The minimum absolute atomic E-state index is 0.395. The van der Waals surface area contributed by atoms with Crippen molar-refractivity contribution in [2.24, 2.45) is 0 Å². The van der Waals surface area contributed by atoms with Crippen LogP contribution in [0.15, 0.2) is 6.20 Å². The molecule has 0 radical (unpaired) electrons. The summed E-state index contributed by atoms with van der Waals surface area (Å²) in [5.74, 6) is 0. The number of thiazole rings is 1. The Morgan fingerprint density at radius 2 is 2.64 bits per heavy atom. The summed E-state index contributed by atoms with van der Waals surface area (Å²) in [4.78, 5) is 5.43. The highest BCUT2D eigenvalue weighted by Gasteiger charge is 2.13. The van der Waals surface area contributed by atoms with Crippen LogP contribution in [-0.2, 0) is 11.3 Å². The number of nitrogens with zero attached hydrogens (tertiary/aromatic N) is 1. The van der Waals surface area contributed by atoms with Crippen LogP contribution in [0, 0.1) is 6.92 Å². The van der Waals surface area contributed by atoms with Gasteiger partial charge in [0.05, 0.1) is 22.6 Å². The molecule has 0 spiro atoms. The summed E-state index contributed by atoms with van der Waals surface area (Å²) in [6, 6.07) is 0. The fourth-order valence-electron chi connectivity index (χ4n) is 1.63. The van der Waals surface area contributed by atoms with E-state index in [0.29, 0.717) is 6.10 Å². The van der Waals surface area contributed by atoms with Gasteiger partial charge in [-0.3, -0.25) is 0 Å². The van der Waals surface area contributed by atoms with Crippen molar-refractivity contribution in [3.8, 4) is 0 Å². The second kappa shape index (κ2) is 4.87. The minimum Gasteiger partial charge on any atom is -0.371 e. The average Bonchev–Trinajstić information content (AvgIpc) is 2.63. The molecule has 0 aromatic carbocycles. The molecule has 1 aromatic heterocycles. The number of nitrogens with one attached hydrogen (secondary N) is 1. The highest BCUT2D eigenvalue weighted by molar-refractivity contribution is 7.11. The monoisotopic (exact) mass is 212 g/mol. The summed E-state index contributed by atoms with van der Waals surface area (Å²) in [6.45, 7) is 4.88. The fourth-order valence-corrected chi connectivity index (χ4v) is 2.35. The van der Waals surface area contributed by atoms with Crippen molar-refractivity contribution in [3.05, 3.63) is 16.1 Å². The van der Waals surface area contributed by atoms with E-state index in [1.807, 2.05) is 13.1 Å². The van der Waals surface area contributed by atoms with Crippen molar-refractivity contribution in [2.45, 2.75) is 32.5 Å². The summed E-state index contributed by atoms with van der Waals surface area (Å²) in [5.41, 5.74) is 0. The highest BCUT2D eigenvalue weighted by atomic mass is 32.1. The van der Waals surface area contributed by atoms with E-state index in [4.69, 9.17) is 4.74 Å². The van der Waals surface area contributed by atoms with Crippen LogP contribution < -0.4 is 5.32 Å². The Morgan fingerprint density at radius 3 is 3.29 bits per heavy atom. The van der Waals surface area contributed by atoms with E-state index >= 15 is 0 Å². The van der Waals surface area contributed by atoms with Crippen LogP contribution in [0.1, 0.15) is 22.7 Å². The van der Waals surface area contributed by atoms with E-state index in [1.54, 1.807) is 11.3 Å². The van der Waals surface area contributed by atoms with E-state index in [9.17, 15) is 0 Å². The summed E-state index contributed by atoms with van der Waals surface area (Å²) < 4.78 is 5.79. The predicted molar refractivity (Wildman–Crippen MR) is 57.5 cm³/mol. The molecule has 1 atom stereocenters. The number of hydrogen-bond donors (Lipinski definition) is 1. The first-order valence-corrected chi connectivity index (χ1v) is 5.90. The predicted octanol–water partition coefficient (Wildman–Crippen LogP) is 1.72. The standard InChI is InChI=1S/C10H16N2OS/c1-8-12-6-10(14-8)7-13-9-3-2-4-11-5-9/h6,9,11H,2-5,7H2,1H3/t9-/m0/s1. The molecule has 1 aliphatic rings. The summed E-state index contributed by atoms with van der Waals surface area (Å²) >= 11 is 1.72. The van der Waals surface area contributed by atoms with Crippen molar-refractivity contribution >= 4 is 11.3 Å². The Balaban J connectivity index is 1.76. The van der Waals surface area contributed by atoms with Crippen molar-refractivity contribution in [1.29, 1.82) is 0 Å². The van der Waals surface area contributed by atoms with E-state index in [1.165, 1.54) is 17.7 Å². The maximum Gasteiger partial charge on any atom is 0.0897 e. The van der Waals surface area contributed by atoms with Crippen LogP contribution in [0.25, 0.3) is 0 Å². The molecule has 0 bridgehead atoms. The van der Waals surface area contributed by atoms with Gasteiger partial charge in [-0.25, -0.2) is 4.98 Å². The first kappa shape index (κ1) is 10.1. The van der Waals surface area contributed by atoms with E-state index in [0.717, 1.165) is 24.7 Å². The molecule has 2 rings (SSSR count). The first-order chi connectivity index (χ1) is 6.84. The topological polar surface area (TPSA) is 34.1 Å². The lowest BCUT2D eigenvalue weighted by Crippen LogP contribution is -2.35. The third-order valence-corrected chi connectivity index (χ3v) is 3.27. The largest absolute Gasteiger partial charge is 0.371 e. The zero-order chi connectivity index (χ0) is 9.80. The number of hydrogen-bond acceptors (Lipinski definition) is 4. The van der Waals surface area contributed by atoms with Crippen LogP contribution in [0.2, 0.25) is 0 Å². The number of piperidine rings is 1. The molecule has 0 unspecified atom stereocenters. The van der Waals surface area contributed by atoms with Crippen LogP contribution in [0.4, 0.5) is 0 Å². The molecule has 1 fully saturated rings. The van der Waals surface area contributed by atoms with Gasteiger partial charge in [0.2, 0.25) is 0 Å². The van der Waals surface area contributed by atoms with Crippen LogP contribution >= 0.6 is 11.3 Å². The molecule has 0 amide bonds. The van der Waals surface area contributed by atoms with Gasteiger partial charge in [0, 0.05) is 12.7 Å². The number of aryl methyl sites for hydroxylation is 1. The van der Waals surface area contributed by atoms with Crippen LogP contribution in [0.3, 0.4) is 0 Å². The molecule has 0 aliphatic carbocycles. The molecule has 1 N–H and O–H groups in total. The number of rotatable bonds is 3. The van der Waals surface area contributed by atoms with Crippen molar-refractivity contribution in [2.75, 3.05) is 13.1 Å². The van der Waals surface area contributed by atoms with Gasteiger partial charge in [0.25, 0.3) is 0 Å². The summed E-state index contributed by atoms with van der Waals surface area (Å²) in [6.07, 6.45) is 4.72. The molecular formula is C10H16N2OS. The quantitative estimate of drug-likeness (QED) is 0.828. The third kappa shape index (κ3) is 2.77. The smallest absolute Gasteiger partial charge is 0.0897 e. The van der Waals surface area contributed by atoms with Crippen LogP contribution in [-0.4, -0.2) is 24.2 Å². The van der Waals surface area contributed by atoms with Gasteiger partial charge in [-0.2, -0.15) is 0 Å². The summed E-state index contributed by atoms with van der Waals surface area (Å²) in [7, 11) is 0. The maximum absolute atomic E-state index is 5.79. The zero-order valence-corrected chi connectivity index (χ0v) is 9.27. The van der Waals surface area contributed by atoms with Gasteiger partial charge in [0.1, 0.15) is 0 Å². The molecular weight excluding hydrogens is 196 g/mol. The zero-order valence-electron chi connectivity index (χ0n) is 8.45. The Kier molecular flexibility index (Phi) is 3.50. The van der Waals surface area contributed by atoms with Gasteiger partial charge in [0.15, 0.2) is 0 Å². The van der Waals surface area contributed by atoms with Gasteiger partial charge in [-0.1, -0.05) is 0 Å². The molecule has 1 saturated heterocycles. The molecule has 2 heterocycles. The SMILES string of the molecule is Cc1ncc(CO[C@H]2CCCNC2)s1. The first-order valence-electron chi connectivity index (χ1n) is 5.08. The number of aromatic nitrogens is 1. The minimum atomic E-state index is 0.395. The average molecular weight is 212 g/mol. The van der Waals surface area contributed by atoms with E-state index in [2.05, 4.69) is 10.3 Å². The van der Waals surface area contributed by atoms with Gasteiger partial charge >= 0.3 is 0 Å². The highest BCUT2D eigenvalue weighted by Crippen LogP contribution is 2.15. The van der Waals surface area contributed by atoms with Gasteiger partial charge in [-0.05, 0) is 26.3 Å². The summed E-state index contributed by atoms with van der Waals surface area (Å²) in [5, 5.41) is 4.46. The molecule has 3 nitrogen and oxygen atoms in total. The second-order valence-electron chi connectivity index (χ2n) is 3.62. The lowest BCUT2D eigenvalue weighted by molar-refractivity contribution is 0.0266. The molecule has 4 heteroatoms. The fraction of sp³-hybridized carbons (Fsp3) is 0.700. The molecule has 1 aliphatic heterocycles. The molecule has 1 aromatic rings. The third-order valence-electron chi connectivity index (χ3n) is 2.38. The Hall–Kier alpha value is -0.450. The Morgan fingerprint density at radius 1 is 1.71 bits per heavy atom. The molecule has 78 valence electrons. The van der Waals surface area contributed by atoms with E-state index in [-0.39, 0.29) is 0 Å². The van der Waals surface area contributed by atoms with E-state index < -0.39 is 0 Å². The lowest BCUT2D eigenvalue weighted by atomic mass is 10.1. The maximum atomic E-state index is 5.79. The Labute approximate surface area is 88.5 Å². The number of ether oxygens (including phenoxy) is 1. The normalized spacial score (nSPS) is 22.5. The molecule has 0 saturated carbocycles. The molecule has 14 heavy (non-hydrogen) atoms. The van der Waals surface area contributed by atoms with Crippen molar-refractivity contribution in [1.82, 2.24) is 10.3 Å². The van der Waals surface area contributed by atoms with Gasteiger partial charge < -0.3 is 10.1 Å². The van der Waals surface area contributed by atoms with Crippen molar-refractivity contribution < 1.29 is 4.74 Å². The Bertz CT molecular complexity index is 281. The van der Waals surface area contributed by atoms with Gasteiger partial charge in [-0.15, -0.1) is 11.3 Å². The second-order valence-corrected chi connectivity index (χ2v) is 4.94.